The van der Waals surface area contributed by atoms with Gasteiger partial charge in [0.2, 0.25) is 0 Å². The van der Waals surface area contributed by atoms with E-state index in [1.54, 1.807) is 11.0 Å². The first-order valence-electron chi connectivity index (χ1n) is 3.91. The normalized spacial score (nSPS) is 30.4. The van der Waals surface area contributed by atoms with Gasteiger partial charge in [0.15, 0.2) is 0 Å². The molecule has 4 nitrogen and oxygen atoms in total. The van der Waals surface area contributed by atoms with Crippen molar-refractivity contribution in [1.29, 1.82) is 0 Å². The third-order valence-electron chi connectivity index (χ3n) is 2.03. The number of β-amino-alcohol motifs (C(OH)–C–C–N with tert-alkyl or cyclic N) is 1. The predicted molar refractivity (Wildman–Crippen MR) is 43.8 cm³/mol. The molecule has 0 bridgehead atoms. The molecule has 0 saturated carbocycles. The smallest absolute Gasteiger partial charge is 0.321 e. The molecule has 1 fully saturated rings. The Bertz CT molecular complexity index is 193. The maximum absolute atomic E-state index is 10.6. The van der Waals surface area contributed by atoms with Gasteiger partial charge < -0.3 is 10.2 Å². The minimum atomic E-state index is -0.867. The van der Waals surface area contributed by atoms with Gasteiger partial charge in [0.05, 0.1) is 6.10 Å². The van der Waals surface area contributed by atoms with Crippen LogP contribution in [0.15, 0.2) is 12.7 Å². The number of carbonyl (C=O) groups is 1. The average molecular weight is 171 g/mol. The Morgan fingerprint density at radius 1 is 1.75 bits per heavy atom. The molecule has 2 unspecified atom stereocenters. The van der Waals surface area contributed by atoms with Crippen LogP contribution in [0, 0.1) is 0 Å². The van der Waals surface area contributed by atoms with Crippen LogP contribution < -0.4 is 0 Å². The van der Waals surface area contributed by atoms with E-state index in [4.69, 9.17) is 5.11 Å². The number of nitrogens with zero attached hydrogens (tertiary/aromatic N) is 1. The fourth-order valence-corrected chi connectivity index (χ4v) is 1.50. The average Bonchev–Trinajstić information content (AvgIpc) is 2.32. The molecule has 0 aliphatic carbocycles. The van der Waals surface area contributed by atoms with Crippen molar-refractivity contribution in [3.05, 3.63) is 12.7 Å². The second-order valence-corrected chi connectivity index (χ2v) is 2.99. The summed E-state index contributed by atoms with van der Waals surface area (Å²) in [7, 11) is 0. The van der Waals surface area contributed by atoms with Gasteiger partial charge in [0, 0.05) is 19.5 Å². The topological polar surface area (TPSA) is 60.8 Å². The van der Waals surface area contributed by atoms with E-state index in [1.807, 2.05) is 0 Å². The van der Waals surface area contributed by atoms with E-state index in [1.165, 1.54) is 0 Å². The molecular weight excluding hydrogens is 158 g/mol. The molecule has 68 valence electrons. The van der Waals surface area contributed by atoms with Gasteiger partial charge in [-0.05, 0) is 0 Å². The zero-order chi connectivity index (χ0) is 9.14. The van der Waals surface area contributed by atoms with Crippen LogP contribution in [-0.4, -0.2) is 46.3 Å². The van der Waals surface area contributed by atoms with E-state index in [0.29, 0.717) is 19.5 Å². The minimum Gasteiger partial charge on any atom is -0.480 e. The van der Waals surface area contributed by atoms with E-state index in [9.17, 15) is 9.90 Å². The molecule has 2 atom stereocenters. The van der Waals surface area contributed by atoms with Crippen molar-refractivity contribution in [3.8, 4) is 0 Å². The summed E-state index contributed by atoms with van der Waals surface area (Å²) in [4.78, 5) is 12.4. The lowest BCUT2D eigenvalue weighted by Crippen LogP contribution is -2.35. The summed E-state index contributed by atoms with van der Waals surface area (Å²) < 4.78 is 0. The number of hydrogen-bond donors (Lipinski definition) is 2. The molecule has 0 spiro atoms. The van der Waals surface area contributed by atoms with Crippen molar-refractivity contribution >= 4 is 5.97 Å². The fraction of sp³-hybridized carbons (Fsp3) is 0.625. The third kappa shape index (κ3) is 1.84. The molecule has 1 heterocycles. The summed E-state index contributed by atoms with van der Waals surface area (Å²) in [5, 5.41) is 17.9. The highest BCUT2D eigenvalue weighted by atomic mass is 16.4. The second-order valence-electron chi connectivity index (χ2n) is 2.99. The number of rotatable bonds is 3. The van der Waals surface area contributed by atoms with Gasteiger partial charge in [0.25, 0.3) is 0 Å². The molecule has 0 aromatic carbocycles. The van der Waals surface area contributed by atoms with Crippen LogP contribution in [0.3, 0.4) is 0 Å². The summed E-state index contributed by atoms with van der Waals surface area (Å²) in [6, 6.07) is -0.544. The van der Waals surface area contributed by atoms with Crippen LogP contribution in [0.4, 0.5) is 0 Å². The number of aliphatic hydroxyl groups is 1. The number of likely N-dealkylation sites (tertiary alicyclic amines) is 1. The van der Waals surface area contributed by atoms with Gasteiger partial charge in [-0.2, -0.15) is 0 Å². The fourth-order valence-electron chi connectivity index (χ4n) is 1.50. The number of aliphatic hydroxyl groups excluding tert-OH is 1. The molecule has 1 rings (SSSR count). The van der Waals surface area contributed by atoms with Gasteiger partial charge in [0.1, 0.15) is 6.04 Å². The van der Waals surface area contributed by atoms with Crippen LogP contribution >= 0.6 is 0 Å². The lowest BCUT2D eigenvalue weighted by molar-refractivity contribution is -0.142. The molecule has 1 aliphatic rings. The SMILES string of the molecule is C=CCN1CC(O)CC1C(=O)O. The molecule has 1 saturated heterocycles. The van der Waals surface area contributed by atoms with Crippen molar-refractivity contribution in [3.63, 3.8) is 0 Å². The molecule has 1 aliphatic heterocycles. The van der Waals surface area contributed by atoms with E-state index in [-0.39, 0.29) is 0 Å². The largest absolute Gasteiger partial charge is 0.480 e. The molecule has 0 amide bonds. The van der Waals surface area contributed by atoms with Crippen molar-refractivity contribution < 1.29 is 15.0 Å². The number of carboxylic acids is 1. The van der Waals surface area contributed by atoms with Crippen LogP contribution in [0.25, 0.3) is 0 Å². The first kappa shape index (κ1) is 9.22. The monoisotopic (exact) mass is 171 g/mol. The molecule has 0 radical (unpaired) electrons. The highest BCUT2D eigenvalue weighted by Gasteiger charge is 2.34. The summed E-state index contributed by atoms with van der Waals surface area (Å²) in [5.74, 6) is -0.867. The quantitative estimate of drug-likeness (QED) is 0.572. The maximum Gasteiger partial charge on any atom is 0.321 e. The number of aliphatic carboxylic acids is 1. The van der Waals surface area contributed by atoms with Crippen LogP contribution in [0.2, 0.25) is 0 Å². The summed E-state index contributed by atoms with van der Waals surface area (Å²) in [6.45, 7) is 4.48. The number of carboxylic acid groups (broad SMARTS) is 1. The van der Waals surface area contributed by atoms with E-state index in [2.05, 4.69) is 6.58 Å². The minimum absolute atomic E-state index is 0.323. The lowest BCUT2D eigenvalue weighted by Gasteiger charge is -2.17. The molecule has 2 N–H and O–H groups in total. The van der Waals surface area contributed by atoms with Crippen molar-refractivity contribution in [2.24, 2.45) is 0 Å². The summed E-state index contributed by atoms with van der Waals surface area (Å²) in [6.07, 6.45) is 1.46. The highest BCUT2D eigenvalue weighted by Crippen LogP contribution is 2.17. The maximum atomic E-state index is 10.6. The molecule has 0 aromatic heterocycles. The Balaban J connectivity index is 2.58. The van der Waals surface area contributed by atoms with Crippen LogP contribution in [0.5, 0.6) is 0 Å². The van der Waals surface area contributed by atoms with Crippen LogP contribution in [-0.2, 0) is 4.79 Å². The standard InChI is InChI=1S/C8H13NO3/c1-2-3-9-5-6(10)4-7(9)8(11)12/h2,6-7,10H,1,3-5H2,(H,11,12). The first-order valence-corrected chi connectivity index (χ1v) is 3.91. The van der Waals surface area contributed by atoms with Gasteiger partial charge in [-0.15, -0.1) is 6.58 Å². The molecule has 0 aromatic rings. The molecule has 4 heteroatoms. The Kier molecular flexibility index (Phi) is 2.83. The van der Waals surface area contributed by atoms with Crippen LogP contribution in [0.1, 0.15) is 6.42 Å². The van der Waals surface area contributed by atoms with Gasteiger partial charge in [-0.1, -0.05) is 6.08 Å². The zero-order valence-electron chi connectivity index (χ0n) is 6.81. The van der Waals surface area contributed by atoms with E-state index >= 15 is 0 Å². The Hall–Kier alpha value is -0.870. The predicted octanol–water partition coefficient (Wildman–Crippen LogP) is -0.308. The Morgan fingerprint density at radius 2 is 2.42 bits per heavy atom. The van der Waals surface area contributed by atoms with E-state index < -0.39 is 18.1 Å². The lowest BCUT2D eigenvalue weighted by atomic mass is 10.2. The van der Waals surface area contributed by atoms with Crippen molar-refractivity contribution in [1.82, 2.24) is 4.90 Å². The molecule has 12 heavy (non-hydrogen) atoms. The Labute approximate surface area is 71.1 Å². The molecular formula is C8H13NO3. The van der Waals surface area contributed by atoms with Crippen molar-refractivity contribution in [2.75, 3.05) is 13.1 Å². The van der Waals surface area contributed by atoms with E-state index in [0.717, 1.165) is 0 Å². The number of hydrogen-bond acceptors (Lipinski definition) is 3. The Morgan fingerprint density at radius 3 is 2.92 bits per heavy atom. The summed E-state index contributed by atoms with van der Waals surface area (Å²) >= 11 is 0. The summed E-state index contributed by atoms with van der Waals surface area (Å²) in [5.41, 5.74) is 0. The zero-order valence-corrected chi connectivity index (χ0v) is 6.81. The second kappa shape index (κ2) is 3.69. The highest BCUT2D eigenvalue weighted by molar-refractivity contribution is 5.74. The van der Waals surface area contributed by atoms with Gasteiger partial charge >= 0.3 is 5.97 Å². The first-order chi connectivity index (χ1) is 5.65. The van der Waals surface area contributed by atoms with Gasteiger partial charge in [-0.25, -0.2) is 0 Å². The third-order valence-corrected chi connectivity index (χ3v) is 2.03. The van der Waals surface area contributed by atoms with Gasteiger partial charge in [-0.3, -0.25) is 9.69 Å². The van der Waals surface area contributed by atoms with Crippen molar-refractivity contribution in [2.45, 2.75) is 18.6 Å².